The summed E-state index contributed by atoms with van der Waals surface area (Å²) in [4.78, 5) is 4.53. The first kappa shape index (κ1) is 10.3. The van der Waals surface area contributed by atoms with Gasteiger partial charge in [-0.3, -0.25) is 0 Å². The molecule has 1 aliphatic rings. The largest absolute Gasteiger partial charge is 0.368 e. The fraction of sp³-hybridized carbons (Fsp3) is 0.364. The van der Waals surface area contributed by atoms with E-state index in [0.29, 0.717) is 0 Å². The van der Waals surface area contributed by atoms with E-state index in [9.17, 15) is 0 Å². The third kappa shape index (κ3) is 1.65. The lowest BCUT2D eigenvalue weighted by Crippen LogP contribution is -2.34. The monoisotopic (exact) mass is 281 g/mol. The molecule has 0 amide bonds. The van der Waals surface area contributed by atoms with Crippen molar-refractivity contribution >= 4 is 21.4 Å². The van der Waals surface area contributed by atoms with E-state index in [1.54, 1.807) is 0 Å². The quantitative estimate of drug-likeness (QED) is 0.866. The predicted octanol–water partition coefficient (Wildman–Crippen LogP) is 1.76. The van der Waals surface area contributed by atoms with Crippen molar-refractivity contribution in [1.29, 1.82) is 0 Å². The number of nitrogens with zero attached hydrogens (tertiary/aromatic N) is 2. The summed E-state index contributed by atoms with van der Waals surface area (Å²) in [5.41, 5.74) is 1.08. The Kier molecular flexibility index (Phi) is 2.67. The molecule has 84 valence electrons. The van der Waals surface area contributed by atoms with Crippen LogP contribution in [0.2, 0.25) is 0 Å². The first-order valence-electron chi connectivity index (χ1n) is 5.31. The minimum Gasteiger partial charge on any atom is -0.368 e. The van der Waals surface area contributed by atoms with E-state index in [0.717, 1.165) is 35.6 Å². The van der Waals surface area contributed by atoms with Gasteiger partial charge in [0.25, 0.3) is 0 Å². The Morgan fingerprint density at radius 1 is 1.50 bits per heavy atom. The zero-order valence-corrected chi connectivity index (χ0v) is 10.3. The highest BCUT2D eigenvalue weighted by atomic mass is 79.9. The van der Waals surface area contributed by atoms with Crippen molar-refractivity contribution in [3.8, 4) is 0 Å². The van der Waals surface area contributed by atoms with Crippen molar-refractivity contribution in [2.75, 3.05) is 19.7 Å². The molecule has 0 aromatic carbocycles. The van der Waals surface area contributed by atoms with Crippen LogP contribution in [-0.2, 0) is 4.74 Å². The Balaban J connectivity index is 2.08. The van der Waals surface area contributed by atoms with E-state index in [-0.39, 0.29) is 6.10 Å². The highest BCUT2D eigenvalue weighted by Crippen LogP contribution is 2.24. The summed E-state index contributed by atoms with van der Waals surface area (Å²) in [6.07, 6.45) is 2.05. The van der Waals surface area contributed by atoms with Crippen molar-refractivity contribution in [2.24, 2.45) is 0 Å². The number of fused-ring (bicyclic) bond motifs is 1. The zero-order valence-electron chi connectivity index (χ0n) is 8.69. The van der Waals surface area contributed by atoms with Gasteiger partial charge >= 0.3 is 0 Å². The lowest BCUT2D eigenvalue weighted by atomic mass is 10.3. The molecule has 0 radical (unpaired) electrons. The molecule has 2 aromatic heterocycles. The second-order valence-electron chi connectivity index (χ2n) is 3.78. The summed E-state index contributed by atoms with van der Waals surface area (Å²) in [7, 11) is 0. The molecule has 2 aromatic rings. The van der Waals surface area contributed by atoms with Crippen molar-refractivity contribution in [1.82, 2.24) is 14.7 Å². The summed E-state index contributed by atoms with van der Waals surface area (Å²) in [5, 5.41) is 3.31. The van der Waals surface area contributed by atoms with Crippen molar-refractivity contribution in [3.63, 3.8) is 0 Å². The van der Waals surface area contributed by atoms with Crippen LogP contribution in [0.3, 0.4) is 0 Å². The van der Waals surface area contributed by atoms with Crippen LogP contribution < -0.4 is 5.32 Å². The third-order valence-electron chi connectivity index (χ3n) is 2.75. The SMILES string of the molecule is Brc1nc(C2CNCCO2)n2ccccc12. The van der Waals surface area contributed by atoms with Crippen molar-refractivity contribution in [3.05, 3.63) is 34.8 Å². The topological polar surface area (TPSA) is 38.6 Å². The lowest BCUT2D eigenvalue weighted by Gasteiger charge is -2.22. The molecular weight excluding hydrogens is 270 g/mol. The number of aromatic nitrogens is 2. The first-order valence-corrected chi connectivity index (χ1v) is 6.10. The Hall–Kier alpha value is -0.910. The van der Waals surface area contributed by atoms with Crippen LogP contribution in [0.4, 0.5) is 0 Å². The Morgan fingerprint density at radius 3 is 3.25 bits per heavy atom. The molecule has 0 aliphatic carbocycles. The lowest BCUT2D eigenvalue weighted by molar-refractivity contribution is 0.0218. The van der Waals surface area contributed by atoms with E-state index in [1.165, 1.54) is 0 Å². The molecule has 0 saturated carbocycles. The van der Waals surface area contributed by atoms with E-state index >= 15 is 0 Å². The fourth-order valence-corrected chi connectivity index (χ4v) is 2.49. The minimum absolute atomic E-state index is 0.0370. The van der Waals surface area contributed by atoms with Crippen LogP contribution in [0, 0.1) is 0 Å². The minimum atomic E-state index is 0.0370. The summed E-state index contributed by atoms with van der Waals surface area (Å²) in [6.45, 7) is 2.48. The maximum absolute atomic E-state index is 5.72. The molecule has 1 fully saturated rings. The van der Waals surface area contributed by atoms with Crippen molar-refractivity contribution < 1.29 is 4.74 Å². The highest BCUT2D eigenvalue weighted by Gasteiger charge is 2.21. The van der Waals surface area contributed by atoms with Gasteiger partial charge in [-0.25, -0.2) is 4.98 Å². The molecule has 0 spiro atoms. The van der Waals surface area contributed by atoms with Crippen LogP contribution in [0.1, 0.15) is 11.9 Å². The molecule has 3 heterocycles. The van der Waals surface area contributed by atoms with Crippen LogP contribution in [0.25, 0.3) is 5.52 Å². The van der Waals surface area contributed by atoms with Crippen LogP contribution >= 0.6 is 15.9 Å². The van der Waals surface area contributed by atoms with Gasteiger partial charge in [0.05, 0.1) is 12.1 Å². The van der Waals surface area contributed by atoms with Crippen LogP contribution in [0.15, 0.2) is 29.0 Å². The van der Waals surface area contributed by atoms with Crippen LogP contribution in [0.5, 0.6) is 0 Å². The number of morpholine rings is 1. The van der Waals surface area contributed by atoms with Gasteiger partial charge in [0.1, 0.15) is 16.5 Å². The number of pyridine rings is 1. The maximum atomic E-state index is 5.72. The van der Waals surface area contributed by atoms with E-state index < -0.39 is 0 Å². The normalized spacial score (nSPS) is 21.4. The van der Waals surface area contributed by atoms with Gasteiger partial charge in [-0.2, -0.15) is 0 Å². The van der Waals surface area contributed by atoms with Gasteiger partial charge in [-0.1, -0.05) is 6.07 Å². The second kappa shape index (κ2) is 4.16. The van der Waals surface area contributed by atoms with E-state index in [4.69, 9.17) is 4.74 Å². The molecule has 1 atom stereocenters. The number of nitrogens with one attached hydrogen (secondary N) is 1. The molecule has 3 rings (SSSR count). The number of imidazole rings is 1. The molecule has 1 unspecified atom stereocenters. The summed E-state index contributed by atoms with van der Waals surface area (Å²) in [6, 6.07) is 6.04. The van der Waals surface area contributed by atoms with Gasteiger partial charge in [-0.15, -0.1) is 0 Å². The summed E-state index contributed by atoms with van der Waals surface area (Å²) < 4.78 is 8.66. The second-order valence-corrected chi connectivity index (χ2v) is 4.53. The smallest absolute Gasteiger partial charge is 0.145 e. The first-order chi connectivity index (χ1) is 7.86. The number of ether oxygens (including phenoxy) is 1. The molecule has 1 saturated heterocycles. The number of rotatable bonds is 1. The number of hydrogen-bond donors (Lipinski definition) is 1. The molecule has 1 aliphatic heterocycles. The standard InChI is InChI=1S/C11H12BrN3O/c12-10-8-3-1-2-5-15(8)11(14-10)9-7-13-4-6-16-9/h1-3,5,9,13H,4,6-7H2. The number of hydrogen-bond acceptors (Lipinski definition) is 3. The Bertz CT molecular complexity index is 505. The Morgan fingerprint density at radius 2 is 2.44 bits per heavy atom. The molecule has 5 heteroatoms. The van der Waals surface area contributed by atoms with Gasteiger partial charge in [0, 0.05) is 19.3 Å². The van der Waals surface area contributed by atoms with Crippen LogP contribution in [-0.4, -0.2) is 29.1 Å². The number of halogens is 1. The fourth-order valence-electron chi connectivity index (χ4n) is 1.98. The average Bonchev–Trinajstić information content (AvgIpc) is 2.69. The molecule has 0 bridgehead atoms. The predicted molar refractivity (Wildman–Crippen MR) is 64.5 cm³/mol. The maximum Gasteiger partial charge on any atom is 0.145 e. The van der Waals surface area contributed by atoms with Crippen molar-refractivity contribution in [2.45, 2.75) is 6.10 Å². The molecule has 1 N–H and O–H groups in total. The van der Waals surface area contributed by atoms with E-state index in [1.807, 2.05) is 24.4 Å². The van der Waals surface area contributed by atoms with E-state index in [2.05, 4.69) is 30.6 Å². The molecule has 4 nitrogen and oxygen atoms in total. The summed E-state index contributed by atoms with van der Waals surface area (Å²) >= 11 is 3.48. The Labute approximate surface area is 102 Å². The zero-order chi connectivity index (χ0) is 11.0. The summed E-state index contributed by atoms with van der Waals surface area (Å²) in [5.74, 6) is 0.953. The average molecular weight is 282 g/mol. The highest BCUT2D eigenvalue weighted by molar-refractivity contribution is 9.10. The van der Waals surface area contributed by atoms with Gasteiger partial charge < -0.3 is 14.5 Å². The van der Waals surface area contributed by atoms with Gasteiger partial charge in [0.15, 0.2) is 0 Å². The van der Waals surface area contributed by atoms with Gasteiger partial charge in [-0.05, 0) is 28.1 Å². The molecule has 16 heavy (non-hydrogen) atoms. The molecular formula is C11H12BrN3O. The third-order valence-corrected chi connectivity index (χ3v) is 3.33. The van der Waals surface area contributed by atoms with Gasteiger partial charge in [0.2, 0.25) is 0 Å².